The van der Waals surface area contributed by atoms with E-state index in [1.165, 1.54) is 0 Å². The number of allylic oxidation sites excluding steroid dienone is 6. The van der Waals surface area contributed by atoms with E-state index < -0.39 is 28.7 Å². The van der Waals surface area contributed by atoms with E-state index in [0.717, 1.165) is 56.4 Å². The van der Waals surface area contributed by atoms with Gasteiger partial charge in [-0.3, -0.25) is 0 Å². The molecule has 7 nitrogen and oxygen atoms in total. The molecule has 254 valence electrons. The van der Waals surface area contributed by atoms with Gasteiger partial charge < -0.3 is 35.0 Å². The fourth-order valence-corrected chi connectivity index (χ4v) is 6.95. The number of phenols is 5. The quantitative estimate of drug-likeness (QED) is 0.0941. The Labute approximate surface area is 296 Å². The number of para-hydroxylation sites is 1. The smallest absolute Gasteiger partial charge is 0.208 e. The molecule has 0 spiro atoms. The molecule has 1 aliphatic carbocycles. The van der Waals surface area contributed by atoms with Crippen LogP contribution in [0, 0.1) is 0 Å². The van der Waals surface area contributed by atoms with Crippen molar-refractivity contribution in [3.8, 4) is 45.6 Å². The first-order valence-electron chi connectivity index (χ1n) is 16.9. The highest BCUT2D eigenvalue weighted by atomic mass is 16.4. The molecular weight excluding hydrogens is 636 g/mol. The maximum Gasteiger partial charge on any atom is 0.208 e. The lowest BCUT2D eigenvalue weighted by Crippen LogP contribution is -2.21. The van der Waals surface area contributed by atoms with Crippen molar-refractivity contribution in [2.75, 3.05) is 4.90 Å². The van der Waals surface area contributed by atoms with Gasteiger partial charge in [-0.25, -0.2) is 0 Å². The van der Waals surface area contributed by atoms with Gasteiger partial charge >= 0.3 is 0 Å². The summed E-state index contributed by atoms with van der Waals surface area (Å²) in [4.78, 5) is 2.21. The van der Waals surface area contributed by atoms with Crippen LogP contribution in [0.3, 0.4) is 0 Å². The van der Waals surface area contributed by atoms with Crippen molar-refractivity contribution in [1.82, 2.24) is 4.57 Å². The second kappa shape index (κ2) is 13.4. The monoisotopic (exact) mass is 674 g/mol. The average molecular weight is 675 g/mol. The maximum absolute atomic E-state index is 10.8. The van der Waals surface area contributed by atoms with Crippen molar-refractivity contribution < 1.29 is 25.5 Å². The Morgan fingerprint density at radius 2 is 1.31 bits per heavy atom. The Morgan fingerprint density at radius 3 is 2.08 bits per heavy atom. The Kier molecular flexibility index (Phi) is 8.63. The Bertz CT molecular complexity index is 2420. The first-order chi connectivity index (χ1) is 24.8. The standard InChI is InChI=1S/C42H32N2O5.C2H6/c1-25-10-7-8-21-43(30-14-9-13-27(22-30)26-11-3-2-4-12-26)34-19-17-28(23-32(25)34)29-18-20-36-33(24-29)31-15-5-6-16-35(31)44(36)37-38(45)40(47)42(49)41(48)39(37)46;1-2/h2-16,18-24,28,45-49H,1,17H2;1-2H3/b10-7-,21-8-;. The molecular formula is C44H38N2O5. The van der Waals surface area contributed by atoms with E-state index in [1.807, 2.05) is 86.7 Å². The van der Waals surface area contributed by atoms with E-state index in [1.54, 1.807) is 4.57 Å². The largest absolute Gasteiger partial charge is 0.503 e. The number of hydrogen-bond acceptors (Lipinski definition) is 6. The van der Waals surface area contributed by atoms with E-state index >= 15 is 0 Å². The third-order valence-electron chi connectivity index (χ3n) is 9.38. The Morgan fingerprint density at radius 1 is 0.647 bits per heavy atom. The van der Waals surface area contributed by atoms with Gasteiger partial charge in [0.25, 0.3) is 0 Å². The molecule has 0 radical (unpaired) electrons. The van der Waals surface area contributed by atoms with E-state index in [2.05, 4.69) is 72.3 Å². The highest BCUT2D eigenvalue weighted by molar-refractivity contribution is 6.10. The van der Waals surface area contributed by atoms with Crippen molar-refractivity contribution in [2.45, 2.75) is 26.2 Å². The maximum atomic E-state index is 10.8. The molecule has 1 unspecified atom stereocenters. The number of aromatic nitrogens is 1. The van der Waals surface area contributed by atoms with Gasteiger partial charge in [0, 0.05) is 39.8 Å². The van der Waals surface area contributed by atoms with Crippen molar-refractivity contribution in [1.29, 1.82) is 0 Å². The van der Waals surface area contributed by atoms with Crippen LogP contribution in [0.4, 0.5) is 5.69 Å². The molecule has 0 amide bonds. The molecule has 1 aliphatic heterocycles. The molecule has 2 heterocycles. The fourth-order valence-electron chi connectivity index (χ4n) is 6.95. The number of rotatable bonds is 4. The molecule has 51 heavy (non-hydrogen) atoms. The number of fused-ring (bicyclic) bond motifs is 4. The van der Waals surface area contributed by atoms with Gasteiger partial charge in [0.15, 0.2) is 11.5 Å². The molecule has 7 heteroatoms. The van der Waals surface area contributed by atoms with Crippen LogP contribution in [0.25, 0.3) is 38.6 Å². The van der Waals surface area contributed by atoms with Gasteiger partial charge in [-0.1, -0.05) is 111 Å². The summed E-state index contributed by atoms with van der Waals surface area (Å²) in [6, 6.07) is 32.4. The van der Waals surface area contributed by atoms with Crippen molar-refractivity contribution in [2.24, 2.45) is 0 Å². The number of nitrogens with zero attached hydrogens (tertiary/aromatic N) is 2. The minimum atomic E-state index is -0.997. The lowest BCUT2D eigenvalue weighted by atomic mass is 9.84. The van der Waals surface area contributed by atoms with E-state index in [0.29, 0.717) is 11.0 Å². The highest BCUT2D eigenvalue weighted by Gasteiger charge is 2.28. The zero-order valence-electron chi connectivity index (χ0n) is 28.3. The molecule has 0 saturated heterocycles. The normalized spacial score (nSPS) is 16.7. The zero-order chi connectivity index (χ0) is 35.8. The topological polar surface area (TPSA) is 109 Å². The molecule has 0 fully saturated rings. The molecule has 2 aliphatic rings. The molecule has 6 aromatic rings. The van der Waals surface area contributed by atoms with Gasteiger partial charge in [0.1, 0.15) is 5.69 Å². The number of hydrogen-bond donors (Lipinski definition) is 5. The van der Waals surface area contributed by atoms with Gasteiger partial charge in [-0.05, 0) is 65.1 Å². The predicted octanol–water partition coefficient (Wildman–Crippen LogP) is 10.4. The SMILES string of the molecule is C=C1/C=C\C=C/N(c2cccc(-c3ccccc3)c2)C2=CCC(c3ccc4c(c3)c3ccccc3n4-c3c(O)c(O)c(O)c(O)c3O)C=C12.CC. The van der Waals surface area contributed by atoms with Gasteiger partial charge in [-0.2, -0.15) is 0 Å². The summed E-state index contributed by atoms with van der Waals surface area (Å²) < 4.78 is 1.57. The number of phenolic OH excluding ortho intramolecular Hbond substituents is 5. The lowest BCUT2D eigenvalue weighted by Gasteiger charge is -2.31. The van der Waals surface area contributed by atoms with Crippen molar-refractivity contribution in [3.63, 3.8) is 0 Å². The molecule has 1 aromatic heterocycles. The van der Waals surface area contributed by atoms with Gasteiger partial charge in [0.2, 0.25) is 17.2 Å². The van der Waals surface area contributed by atoms with Crippen LogP contribution in [0.5, 0.6) is 28.7 Å². The average Bonchev–Trinajstić information content (AvgIpc) is 3.50. The van der Waals surface area contributed by atoms with Crippen LogP contribution in [0.2, 0.25) is 0 Å². The third-order valence-corrected chi connectivity index (χ3v) is 9.38. The Balaban J connectivity index is 0.00000200. The summed E-state index contributed by atoms with van der Waals surface area (Å²) in [7, 11) is 0. The van der Waals surface area contributed by atoms with Crippen LogP contribution in [0.15, 0.2) is 157 Å². The fraction of sp³-hybridized carbons (Fsp3) is 0.0909. The van der Waals surface area contributed by atoms with E-state index in [9.17, 15) is 25.5 Å². The summed E-state index contributed by atoms with van der Waals surface area (Å²) in [6.07, 6.45) is 13.4. The van der Waals surface area contributed by atoms with Crippen LogP contribution < -0.4 is 4.90 Å². The summed E-state index contributed by atoms with van der Waals surface area (Å²) in [5, 5.41) is 54.1. The van der Waals surface area contributed by atoms with E-state index in [-0.39, 0.29) is 11.6 Å². The predicted molar refractivity (Wildman–Crippen MR) is 206 cm³/mol. The van der Waals surface area contributed by atoms with Crippen LogP contribution in [0.1, 0.15) is 31.7 Å². The van der Waals surface area contributed by atoms with Crippen LogP contribution >= 0.6 is 0 Å². The molecule has 0 saturated carbocycles. The van der Waals surface area contributed by atoms with E-state index in [4.69, 9.17) is 0 Å². The zero-order valence-corrected chi connectivity index (χ0v) is 28.3. The summed E-state index contributed by atoms with van der Waals surface area (Å²) >= 11 is 0. The number of anilines is 1. The van der Waals surface area contributed by atoms with Gasteiger partial charge in [0.05, 0.1) is 11.0 Å². The first kappa shape index (κ1) is 32.9. The van der Waals surface area contributed by atoms with Crippen molar-refractivity contribution >= 4 is 27.5 Å². The Hall–Kier alpha value is -6.60. The minimum Gasteiger partial charge on any atom is -0.503 e. The lowest BCUT2D eigenvalue weighted by molar-refractivity contribution is 0.327. The van der Waals surface area contributed by atoms with Gasteiger partial charge in [-0.15, -0.1) is 0 Å². The number of aromatic hydroxyl groups is 5. The molecule has 1 atom stereocenters. The molecule has 5 N–H and O–H groups in total. The van der Waals surface area contributed by atoms with Crippen LogP contribution in [-0.2, 0) is 0 Å². The molecule has 8 rings (SSSR count). The third kappa shape index (κ3) is 5.59. The molecule has 5 aromatic carbocycles. The summed E-state index contributed by atoms with van der Waals surface area (Å²) in [6.45, 7) is 8.42. The summed E-state index contributed by atoms with van der Waals surface area (Å²) in [5.41, 5.74) is 8.42. The summed E-state index contributed by atoms with van der Waals surface area (Å²) in [5.74, 6) is -4.32. The first-order valence-corrected chi connectivity index (χ1v) is 16.9. The molecule has 0 bridgehead atoms. The highest BCUT2D eigenvalue weighted by Crippen LogP contribution is 2.54. The second-order valence-electron chi connectivity index (χ2n) is 12.2. The second-order valence-corrected chi connectivity index (χ2v) is 12.2. The van der Waals surface area contributed by atoms with Crippen LogP contribution in [-0.4, -0.2) is 30.1 Å². The minimum absolute atomic E-state index is 0.0277. The van der Waals surface area contributed by atoms with Crippen molar-refractivity contribution in [3.05, 3.63) is 163 Å². The number of benzene rings is 5.